The predicted octanol–water partition coefficient (Wildman–Crippen LogP) is 2.34. The summed E-state index contributed by atoms with van der Waals surface area (Å²) in [7, 11) is 0. The van der Waals surface area contributed by atoms with Gasteiger partial charge >= 0.3 is 0 Å². The fraction of sp³-hybridized carbons (Fsp3) is 0.133. The minimum absolute atomic E-state index is 0.0600. The molecule has 3 aromatic rings. The molecule has 26 heavy (non-hydrogen) atoms. The first-order valence-corrected chi connectivity index (χ1v) is 7.91. The van der Waals surface area contributed by atoms with Gasteiger partial charge in [-0.2, -0.15) is 5.10 Å². The van der Waals surface area contributed by atoms with Crippen molar-refractivity contribution in [2.75, 3.05) is 5.32 Å². The van der Waals surface area contributed by atoms with E-state index in [0.29, 0.717) is 4.68 Å². The van der Waals surface area contributed by atoms with Gasteiger partial charge in [0.1, 0.15) is 24.7 Å². The highest BCUT2D eigenvalue weighted by Gasteiger charge is 2.18. The van der Waals surface area contributed by atoms with Crippen molar-refractivity contribution in [2.24, 2.45) is 0 Å². The number of nitrogens with zero attached hydrogens (tertiary/aromatic N) is 4. The lowest BCUT2D eigenvalue weighted by Crippen LogP contribution is -2.31. The van der Waals surface area contributed by atoms with Crippen LogP contribution < -0.4 is 10.9 Å². The predicted molar refractivity (Wildman–Crippen MR) is 89.1 cm³/mol. The van der Waals surface area contributed by atoms with Crippen LogP contribution in [0.2, 0.25) is 0 Å². The monoisotopic (exact) mass is 427 g/mol. The number of carbonyl (C=O) groups is 1. The third kappa shape index (κ3) is 3.43. The number of carbonyl (C=O) groups excluding carboxylic acids is 1. The molecule has 0 aliphatic heterocycles. The second kappa shape index (κ2) is 7.20. The zero-order chi connectivity index (χ0) is 18.8. The van der Waals surface area contributed by atoms with E-state index in [1.54, 1.807) is 0 Å². The summed E-state index contributed by atoms with van der Waals surface area (Å²) in [5.41, 5.74) is -1.08. The summed E-state index contributed by atoms with van der Waals surface area (Å²) in [6, 6.07) is 2.61. The summed E-state index contributed by atoms with van der Waals surface area (Å²) >= 11 is 2.97. The van der Waals surface area contributed by atoms with Crippen molar-refractivity contribution in [1.82, 2.24) is 19.7 Å². The Bertz CT molecular complexity index is 1060. The SMILES string of the molecule is O=C(Cn1nc(CF)c2c(F)c(Br)ccc2c1=O)Nc1ncc(F)cn1. The van der Waals surface area contributed by atoms with Gasteiger partial charge in [-0.05, 0) is 28.1 Å². The first-order valence-electron chi connectivity index (χ1n) is 7.11. The number of anilines is 1. The molecule has 0 aliphatic carbocycles. The molecule has 0 unspecified atom stereocenters. The van der Waals surface area contributed by atoms with Crippen molar-refractivity contribution in [1.29, 1.82) is 0 Å². The van der Waals surface area contributed by atoms with Gasteiger partial charge in [-0.25, -0.2) is 27.8 Å². The molecule has 11 heteroatoms. The topological polar surface area (TPSA) is 89.8 Å². The molecule has 2 aromatic heterocycles. The molecule has 0 saturated carbocycles. The quantitative estimate of drug-likeness (QED) is 0.689. The minimum Gasteiger partial charge on any atom is -0.293 e. The van der Waals surface area contributed by atoms with Crippen LogP contribution >= 0.6 is 15.9 Å². The molecule has 0 aliphatic rings. The van der Waals surface area contributed by atoms with Gasteiger partial charge in [-0.1, -0.05) is 0 Å². The number of halogens is 4. The van der Waals surface area contributed by atoms with E-state index in [1.807, 2.05) is 0 Å². The minimum atomic E-state index is -1.13. The maximum Gasteiger partial charge on any atom is 0.275 e. The fourth-order valence-corrected chi connectivity index (χ4v) is 2.60. The molecule has 0 fully saturated rings. The number of alkyl halides is 1. The molecule has 0 bridgehead atoms. The van der Waals surface area contributed by atoms with Gasteiger partial charge < -0.3 is 0 Å². The average molecular weight is 428 g/mol. The third-order valence-corrected chi connectivity index (χ3v) is 3.99. The van der Waals surface area contributed by atoms with E-state index < -0.39 is 36.3 Å². The maximum absolute atomic E-state index is 14.2. The standard InChI is InChI=1S/C15H9BrF3N5O2/c16-9-2-1-8-12(13(9)19)10(3-17)23-24(14(8)26)6-11(25)22-15-20-4-7(18)5-21-15/h1-2,4-5H,3,6H2,(H,20,21,22,25). The molecular weight excluding hydrogens is 419 g/mol. The summed E-state index contributed by atoms with van der Waals surface area (Å²) in [6.45, 7) is -1.72. The van der Waals surface area contributed by atoms with Crippen LogP contribution in [0.25, 0.3) is 10.8 Å². The molecule has 7 nitrogen and oxygen atoms in total. The van der Waals surface area contributed by atoms with E-state index in [4.69, 9.17) is 0 Å². The molecule has 2 heterocycles. The third-order valence-electron chi connectivity index (χ3n) is 3.38. The number of aromatic nitrogens is 4. The number of rotatable bonds is 4. The average Bonchev–Trinajstić information content (AvgIpc) is 2.62. The highest BCUT2D eigenvalue weighted by Crippen LogP contribution is 2.25. The van der Waals surface area contributed by atoms with Crippen molar-refractivity contribution < 1.29 is 18.0 Å². The Morgan fingerprint density at radius 3 is 2.58 bits per heavy atom. The summed E-state index contributed by atoms with van der Waals surface area (Å²) in [6.07, 6.45) is 1.70. The van der Waals surface area contributed by atoms with Gasteiger partial charge in [-0.15, -0.1) is 0 Å². The highest BCUT2D eigenvalue weighted by molar-refractivity contribution is 9.10. The zero-order valence-corrected chi connectivity index (χ0v) is 14.4. The van der Waals surface area contributed by atoms with Crippen LogP contribution in [0.5, 0.6) is 0 Å². The lowest BCUT2D eigenvalue weighted by molar-refractivity contribution is -0.117. The Morgan fingerprint density at radius 2 is 1.92 bits per heavy atom. The Kier molecular flexibility index (Phi) is 4.98. The lowest BCUT2D eigenvalue weighted by Gasteiger charge is -2.10. The van der Waals surface area contributed by atoms with Gasteiger partial charge in [-0.3, -0.25) is 14.9 Å². The first kappa shape index (κ1) is 18.0. The van der Waals surface area contributed by atoms with E-state index in [-0.39, 0.29) is 26.9 Å². The maximum atomic E-state index is 14.2. The lowest BCUT2D eigenvalue weighted by atomic mass is 10.1. The van der Waals surface area contributed by atoms with E-state index in [9.17, 15) is 22.8 Å². The normalized spacial score (nSPS) is 10.9. The van der Waals surface area contributed by atoms with Gasteiger partial charge in [0.05, 0.1) is 27.6 Å². The molecule has 0 saturated heterocycles. The van der Waals surface area contributed by atoms with Crippen LogP contribution in [0.15, 0.2) is 33.8 Å². The van der Waals surface area contributed by atoms with E-state index >= 15 is 0 Å². The fourth-order valence-electron chi connectivity index (χ4n) is 2.27. The molecule has 1 N–H and O–H groups in total. The molecule has 3 rings (SSSR count). The number of fused-ring (bicyclic) bond motifs is 1. The smallest absolute Gasteiger partial charge is 0.275 e. The second-order valence-electron chi connectivity index (χ2n) is 5.10. The van der Waals surface area contributed by atoms with E-state index in [1.165, 1.54) is 12.1 Å². The van der Waals surface area contributed by atoms with Gasteiger partial charge in [0.15, 0.2) is 5.82 Å². The molecule has 134 valence electrons. The molecular formula is C15H9BrF3N5O2. The highest BCUT2D eigenvalue weighted by atomic mass is 79.9. The molecule has 0 radical (unpaired) electrons. The number of hydrogen-bond acceptors (Lipinski definition) is 5. The Hall–Kier alpha value is -2.82. The van der Waals surface area contributed by atoms with Crippen LogP contribution in [0.4, 0.5) is 19.1 Å². The summed E-state index contributed by atoms with van der Waals surface area (Å²) in [5.74, 6) is -2.41. The van der Waals surface area contributed by atoms with Gasteiger partial charge in [0.25, 0.3) is 5.56 Å². The zero-order valence-electron chi connectivity index (χ0n) is 12.8. The van der Waals surface area contributed by atoms with Gasteiger partial charge in [0, 0.05) is 0 Å². The molecule has 0 spiro atoms. The number of benzene rings is 1. The van der Waals surface area contributed by atoms with E-state index in [0.717, 1.165) is 12.4 Å². The number of hydrogen-bond donors (Lipinski definition) is 1. The van der Waals surface area contributed by atoms with Gasteiger partial charge in [0.2, 0.25) is 11.9 Å². The molecule has 1 amide bonds. The first-order chi connectivity index (χ1) is 12.4. The van der Waals surface area contributed by atoms with Crippen molar-refractivity contribution in [3.8, 4) is 0 Å². The molecule has 0 atom stereocenters. The van der Waals surface area contributed by atoms with Crippen LogP contribution in [0, 0.1) is 11.6 Å². The summed E-state index contributed by atoms with van der Waals surface area (Å²) < 4.78 is 41.0. The second-order valence-corrected chi connectivity index (χ2v) is 5.95. The Labute approximate surface area is 152 Å². The van der Waals surface area contributed by atoms with Crippen molar-refractivity contribution in [3.05, 3.63) is 56.7 Å². The Balaban J connectivity index is 1.96. The summed E-state index contributed by atoms with van der Waals surface area (Å²) in [5, 5.41) is 5.61. The van der Waals surface area contributed by atoms with Crippen molar-refractivity contribution in [3.63, 3.8) is 0 Å². The van der Waals surface area contributed by atoms with Crippen LogP contribution in [0.1, 0.15) is 5.69 Å². The van der Waals surface area contributed by atoms with Crippen LogP contribution in [-0.2, 0) is 18.0 Å². The van der Waals surface area contributed by atoms with E-state index in [2.05, 4.69) is 36.3 Å². The largest absolute Gasteiger partial charge is 0.293 e. The van der Waals surface area contributed by atoms with Crippen LogP contribution in [0.3, 0.4) is 0 Å². The van der Waals surface area contributed by atoms with Crippen molar-refractivity contribution in [2.45, 2.75) is 13.2 Å². The molecule has 1 aromatic carbocycles. The number of nitrogens with one attached hydrogen (secondary N) is 1. The van der Waals surface area contributed by atoms with Crippen molar-refractivity contribution >= 4 is 38.6 Å². The van der Waals surface area contributed by atoms with Crippen LogP contribution in [-0.4, -0.2) is 25.7 Å². The summed E-state index contributed by atoms with van der Waals surface area (Å²) in [4.78, 5) is 31.5. The number of amides is 1. The Morgan fingerprint density at radius 1 is 1.23 bits per heavy atom.